The van der Waals surface area contributed by atoms with Crippen molar-refractivity contribution < 1.29 is 4.79 Å². The number of nitrogens with zero attached hydrogens (tertiary/aromatic N) is 1. The van der Waals surface area contributed by atoms with Crippen LogP contribution in [-0.2, 0) is 18.4 Å². The van der Waals surface area contributed by atoms with Crippen molar-refractivity contribution >= 4 is 5.91 Å². The van der Waals surface area contributed by atoms with Crippen molar-refractivity contribution in [1.29, 1.82) is 0 Å². The summed E-state index contributed by atoms with van der Waals surface area (Å²) in [7, 11) is 1.97. The van der Waals surface area contributed by atoms with Gasteiger partial charge in [0.15, 0.2) is 0 Å². The van der Waals surface area contributed by atoms with Crippen LogP contribution in [0.15, 0.2) is 18.3 Å². The maximum absolute atomic E-state index is 11.6. The second-order valence-corrected chi connectivity index (χ2v) is 4.59. The fourth-order valence-corrected chi connectivity index (χ4v) is 1.85. The summed E-state index contributed by atoms with van der Waals surface area (Å²) in [6.07, 6.45) is 4.80. The van der Waals surface area contributed by atoms with Crippen molar-refractivity contribution in [1.82, 2.24) is 9.88 Å². The van der Waals surface area contributed by atoms with Crippen LogP contribution in [0.5, 0.6) is 0 Å². The molecule has 1 aliphatic rings. The molecule has 0 spiro atoms. The molecule has 2 rings (SSSR count). The number of aryl methyl sites for hydroxylation is 1. The van der Waals surface area contributed by atoms with Crippen molar-refractivity contribution in [2.45, 2.75) is 31.8 Å². The summed E-state index contributed by atoms with van der Waals surface area (Å²) < 4.78 is 2.00. The lowest BCUT2D eigenvalue weighted by Crippen LogP contribution is -2.32. The summed E-state index contributed by atoms with van der Waals surface area (Å²) in [6.45, 7) is 0.583. The SMILES string of the molecule is Cn1cccc1CNC(=O)CC(N)C1CC1. The highest BCUT2D eigenvalue weighted by atomic mass is 16.1. The van der Waals surface area contributed by atoms with Crippen LogP contribution in [0.4, 0.5) is 0 Å². The van der Waals surface area contributed by atoms with Gasteiger partial charge in [-0.1, -0.05) is 0 Å². The predicted octanol–water partition coefficient (Wildman–Crippen LogP) is 0.769. The molecule has 1 amide bonds. The van der Waals surface area contributed by atoms with Crippen molar-refractivity contribution in [3.8, 4) is 0 Å². The van der Waals surface area contributed by atoms with Gasteiger partial charge in [-0.3, -0.25) is 4.79 Å². The third kappa shape index (κ3) is 2.85. The summed E-state index contributed by atoms with van der Waals surface area (Å²) in [4.78, 5) is 11.6. The highest BCUT2D eigenvalue weighted by Gasteiger charge is 2.29. The topological polar surface area (TPSA) is 60.0 Å². The van der Waals surface area contributed by atoms with Gasteiger partial charge in [0.2, 0.25) is 5.91 Å². The minimum absolute atomic E-state index is 0.0495. The van der Waals surface area contributed by atoms with Crippen LogP contribution < -0.4 is 11.1 Å². The predicted molar refractivity (Wildman–Crippen MR) is 62.6 cm³/mol. The van der Waals surface area contributed by atoms with E-state index in [1.165, 1.54) is 12.8 Å². The summed E-state index contributed by atoms with van der Waals surface area (Å²) >= 11 is 0. The van der Waals surface area contributed by atoms with Gasteiger partial charge in [-0.15, -0.1) is 0 Å². The molecule has 1 aromatic heterocycles. The first-order valence-electron chi connectivity index (χ1n) is 5.79. The molecule has 88 valence electrons. The first-order valence-corrected chi connectivity index (χ1v) is 5.79. The van der Waals surface area contributed by atoms with Crippen molar-refractivity contribution in [3.63, 3.8) is 0 Å². The molecule has 3 N–H and O–H groups in total. The summed E-state index contributed by atoms with van der Waals surface area (Å²) in [5.74, 6) is 0.640. The largest absolute Gasteiger partial charge is 0.353 e. The van der Waals surface area contributed by atoms with E-state index in [4.69, 9.17) is 5.73 Å². The van der Waals surface area contributed by atoms with Crippen LogP contribution in [0.2, 0.25) is 0 Å². The van der Waals surface area contributed by atoms with Gasteiger partial charge in [0.25, 0.3) is 0 Å². The molecule has 0 bridgehead atoms. The Kier molecular flexibility index (Phi) is 3.29. The number of rotatable bonds is 5. The zero-order valence-electron chi connectivity index (χ0n) is 9.65. The Bertz CT molecular complexity index is 368. The first kappa shape index (κ1) is 11.2. The minimum Gasteiger partial charge on any atom is -0.353 e. The molecule has 16 heavy (non-hydrogen) atoms. The molecule has 1 fully saturated rings. The van der Waals surface area contributed by atoms with Crippen molar-refractivity contribution in [2.75, 3.05) is 0 Å². The standard InChI is InChI=1S/C12H19N3O/c1-15-6-2-3-10(15)8-14-12(16)7-11(13)9-4-5-9/h2-3,6,9,11H,4-5,7-8,13H2,1H3,(H,14,16). The molecule has 1 unspecified atom stereocenters. The van der Waals surface area contributed by atoms with Gasteiger partial charge in [0.1, 0.15) is 0 Å². The molecule has 0 aliphatic heterocycles. The Morgan fingerprint density at radius 2 is 2.44 bits per heavy atom. The average molecular weight is 221 g/mol. The summed E-state index contributed by atoms with van der Waals surface area (Å²) in [6, 6.07) is 4.02. The quantitative estimate of drug-likeness (QED) is 0.771. The molecular formula is C12H19N3O. The average Bonchev–Trinajstić information content (AvgIpc) is 3.00. The molecule has 1 heterocycles. The van der Waals surface area contributed by atoms with E-state index in [2.05, 4.69) is 5.32 Å². The van der Waals surface area contributed by atoms with E-state index in [0.717, 1.165) is 5.69 Å². The highest BCUT2D eigenvalue weighted by Crippen LogP contribution is 2.32. The van der Waals surface area contributed by atoms with Gasteiger partial charge in [0, 0.05) is 31.4 Å². The third-order valence-corrected chi connectivity index (χ3v) is 3.17. The van der Waals surface area contributed by atoms with E-state index in [9.17, 15) is 4.79 Å². The van der Waals surface area contributed by atoms with E-state index < -0.39 is 0 Å². The third-order valence-electron chi connectivity index (χ3n) is 3.17. The smallest absolute Gasteiger partial charge is 0.221 e. The normalized spacial score (nSPS) is 17.1. The van der Waals surface area contributed by atoms with Crippen LogP contribution in [0, 0.1) is 5.92 Å². The summed E-state index contributed by atoms with van der Waals surface area (Å²) in [5.41, 5.74) is 7.00. The number of carbonyl (C=O) groups excluding carboxylic acids is 1. The maximum atomic E-state index is 11.6. The Morgan fingerprint density at radius 3 is 3.00 bits per heavy atom. The van der Waals surface area contributed by atoms with Crippen molar-refractivity contribution in [2.24, 2.45) is 18.7 Å². The lowest BCUT2D eigenvalue weighted by Gasteiger charge is -2.10. The molecule has 1 atom stereocenters. The molecule has 1 aromatic rings. The van der Waals surface area contributed by atoms with Gasteiger partial charge < -0.3 is 15.6 Å². The van der Waals surface area contributed by atoms with Gasteiger partial charge in [-0.05, 0) is 30.9 Å². The number of carbonyl (C=O) groups is 1. The van der Waals surface area contributed by atoms with Crippen LogP contribution in [0.1, 0.15) is 25.0 Å². The van der Waals surface area contributed by atoms with E-state index in [1.54, 1.807) is 0 Å². The number of aromatic nitrogens is 1. The van der Waals surface area contributed by atoms with Crippen LogP contribution in [0.3, 0.4) is 0 Å². The zero-order chi connectivity index (χ0) is 11.5. The Hall–Kier alpha value is -1.29. The molecule has 1 aliphatic carbocycles. The van der Waals surface area contributed by atoms with Crippen LogP contribution in [0.25, 0.3) is 0 Å². The molecule has 0 aromatic carbocycles. The van der Waals surface area contributed by atoms with Crippen LogP contribution >= 0.6 is 0 Å². The molecule has 4 nitrogen and oxygen atoms in total. The van der Waals surface area contributed by atoms with Gasteiger partial charge in [-0.25, -0.2) is 0 Å². The van der Waals surface area contributed by atoms with E-state index in [0.29, 0.717) is 18.9 Å². The van der Waals surface area contributed by atoms with Gasteiger partial charge in [-0.2, -0.15) is 0 Å². The lowest BCUT2D eigenvalue weighted by atomic mass is 10.1. The summed E-state index contributed by atoms with van der Waals surface area (Å²) in [5, 5.41) is 2.90. The van der Waals surface area contributed by atoms with E-state index in [1.807, 2.05) is 29.9 Å². The second kappa shape index (κ2) is 4.70. The van der Waals surface area contributed by atoms with E-state index >= 15 is 0 Å². The van der Waals surface area contributed by atoms with Gasteiger partial charge in [0.05, 0.1) is 6.54 Å². The second-order valence-electron chi connectivity index (χ2n) is 4.59. The zero-order valence-corrected chi connectivity index (χ0v) is 9.65. The lowest BCUT2D eigenvalue weighted by molar-refractivity contribution is -0.121. The van der Waals surface area contributed by atoms with Gasteiger partial charge >= 0.3 is 0 Å². The number of nitrogens with two attached hydrogens (primary N) is 1. The molecule has 0 radical (unpaired) electrons. The number of hydrogen-bond donors (Lipinski definition) is 2. The molecule has 1 saturated carbocycles. The van der Waals surface area contributed by atoms with Crippen molar-refractivity contribution in [3.05, 3.63) is 24.0 Å². The number of hydrogen-bond acceptors (Lipinski definition) is 2. The molecular weight excluding hydrogens is 202 g/mol. The highest BCUT2D eigenvalue weighted by molar-refractivity contribution is 5.76. The maximum Gasteiger partial charge on any atom is 0.221 e. The fraction of sp³-hybridized carbons (Fsp3) is 0.583. The first-order chi connectivity index (χ1) is 7.66. The number of nitrogens with one attached hydrogen (secondary N) is 1. The van der Waals surface area contributed by atoms with Crippen LogP contribution in [-0.4, -0.2) is 16.5 Å². The Labute approximate surface area is 95.8 Å². The fourth-order valence-electron chi connectivity index (χ4n) is 1.85. The Morgan fingerprint density at radius 1 is 1.69 bits per heavy atom. The number of amides is 1. The monoisotopic (exact) mass is 221 g/mol. The molecule has 4 heteroatoms. The Balaban J connectivity index is 1.73. The molecule has 0 saturated heterocycles. The van der Waals surface area contributed by atoms with E-state index in [-0.39, 0.29) is 11.9 Å². The minimum atomic E-state index is 0.0495.